The van der Waals surface area contributed by atoms with Crippen LogP contribution in [-0.4, -0.2) is 34.3 Å². The number of thioether (sulfide) groups is 1. The topological polar surface area (TPSA) is 51.5 Å². The lowest BCUT2D eigenvalue weighted by molar-refractivity contribution is -0.122. The molecule has 1 aromatic carbocycles. The molecule has 2 amide bonds. The van der Waals surface area contributed by atoms with Gasteiger partial charge in [-0.25, -0.2) is 0 Å². The molecule has 6 heteroatoms. The van der Waals surface area contributed by atoms with Crippen LogP contribution in [0.2, 0.25) is 0 Å². The first kappa shape index (κ1) is 17.1. The smallest absolute Gasteiger partial charge is 0.293 e. The van der Waals surface area contributed by atoms with Crippen LogP contribution in [0.5, 0.6) is 5.75 Å². The molecule has 0 aliphatic carbocycles. The predicted octanol–water partition coefficient (Wildman–Crippen LogP) is 4.02. The fraction of sp³-hybridized carbons (Fsp3) is 0.158. The molecule has 1 aliphatic heterocycles. The van der Waals surface area contributed by atoms with Gasteiger partial charge in [0.2, 0.25) is 0 Å². The zero-order valence-electron chi connectivity index (χ0n) is 14.1. The van der Waals surface area contributed by atoms with Gasteiger partial charge in [-0.1, -0.05) is 6.08 Å². The van der Waals surface area contributed by atoms with Crippen LogP contribution in [0.1, 0.15) is 11.4 Å². The molecule has 0 unspecified atom stereocenters. The van der Waals surface area contributed by atoms with E-state index >= 15 is 0 Å². The van der Waals surface area contributed by atoms with Crippen LogP contribution in [0.3, 0.4) is 0 Å². The van der Waals surface area contributed by atoms with E-state index in [1.54, 1.807) is 19.3 Å². The first-order valence-corrected chi connectivity index (χ1v) is 8.56. The van der Waals surface area contributed by atoms with Crippen LogP contribution in [0, 0.1) is 6.92 Å². The van der Waals surface area contributed by atoms with E-state index in [4.69, 9.17) is 4.74 Å². The summed E-state index contributed by atoms with van der Waals surface area (Å²) in [5, 5.41) is -0.268. The Labute approximate surface area is 150 Å². The average molecular weight is 354 g/mol. The first-order chi connectivity index (χ1) is 12.0. The van der Waals surface area contributed by atoms with Gasteiger partial charge in [-0.05, 0) is 61.2 Å². The Bertz CT molecular complexity index is 865. The van der Waals surface area contributed by atoms with Gasteiger partial charge in [0.25, 0.3) is 11.1 Å². The van der Waals surface area contributed by atoms with Crippen molar-refractivity contribution in [2.24, 2.45) is 0 Å². The van der Waals surface area contributed by atoms with Crippen LogP contribution < -0.4 is 4.74 Å². The Morgan fingerprint density at radius 3 is 2.52 bits per heavy atom. The molecular formula is C19H18N2O3S. The van der Waals surface area contributed by atoms with Crippen molar-refractivity contribution in [1.29, 1.82) is 0 Å². The Balaban J connectivity index is 1.98. The van der Waals surface area contributed by atoms with Crippen molar-refractivity contribution in [2.45, 2.75) is 6.92 Å². The Morgan fingerprint density at radius 2 is 1.88 bits per heavy atom. The summed E-state index contributed by atoms with van der Waals surface area (Å²) in [6.45, 7) is 5.80. The number of carbonyl (C=O) groups excluding carboxylic acids is 2. The lowest BCUT2D eigenvalue weighted by atomic mass is 10.2. The Morgan fingerprint density at radius 1 is 1.16 bits per heavy atom. The zero-order valence-corrected chi connectivity index (χ0v) is 14.9. The normalized spacial score (nSPS) is 15.9. The second kappa shape index (κ2) is 7.03. The van der Waals surface area contributed by atoms with Crippen LogP contribution >= 0.6 is 11.8 Å². The third-order valence-corrected chi connectivity index (χ3v) is 4.81. The minimum absolute atomic E-state index is 0.223. The van der Waals surface area contributed by atoms with E-state index in [-0.39, 0.29) is 17.7 Å². The van der Waals surface area contributed by atoms with Crippen molar-refractivity contribution in [3.8, 4) is 11.4 Å². The summed E-state index contributed by atoms with van der Waals surface area (Å²) in [6, 6.07) is 11.6. The number of benzene rings is 1. The number of aryl methyl sites for hydroxylation is 1. The maximum absolute atomic E-state index is 12.4. The number of rotatable bonds is 5. The molecule has 2 aromatic rings. The van der Waals surface area contributed by atoms with Gasteiger partial charge in [-0.2, -0.15) is 0 Å². The number of hydrogen-bond acceptors (Lipinski definition) is 4. The quantitative estimate of drug-likeness (QED) is 0.601. The van der Waals surface area contributed by atoms with Crippen molar-refractivity contribution < 1.29 is 14.3 Å². The number of amides is 2. The highest BCUT2D eigenvalue weighted by Gasteiger charge is 2.34. The summed E-state index contributed by atoms with van der Waals surface area (Å²) >= 11 is 0.953. The molecule has 5 nitrogen and oxygen atoms in total. The van der Waals surface area contributed by atoms with Crippen molar-refractivity contribution >= 4 is 29.0 Å². The van der Waals surface area contributed by atoms with E-state index in [0.717, 1.165) is 34.6 Å². The number of imide groups is 1. The monoisotopic (exact) mass is 354 g/mol. The van der Waals surface area contributed by atoms with Crippen molar-refractivity contribution in [3.05, 3.63) is 65.3 Å². The molecule has 0 saturated carbocycles. The average Bonchev–Trinajstić information content (AvgIpc) is 3.10. The van der Waals surface area contributed by atoms with E-state index in [0.29, 0.717) is 4.91 Å². The van der Waals surface area contributed by atoms with Crippen molar-refractivity contribution in [1.82, 2.24) is 9.47 Å². The summed E-state index contributed by atoms with van der Waals surface area (Å²) in [6.07, 6.45) is 3.30. The summed E-state index contributed by atoms with van der Waals surface area (Å²) < 4.78 is 7.22. The second-order valence-electron chi connectivity index (χ2n) is 5.51. The second-order valence-corrected chi connectivity index (χ2v) is 6.51. The molecule has 0 N–H and O–H groups in total. The lowest BCUT2D eigenvalue weighted by Gasteiger charge is -2.11. The third kappa shape index (κ3) is 3.25. The third-order valence-electron chi connectivity index (χ3n) is 3.90. The predicted molar refractivity (Wildman–Crippen MR) is 99.9 cm³/mol. The molecule has 1 aliphatic rings. The van der Waals surface area contributed by atoms with Crippen LogP contribution in [0.4, 0.5) is 4.79 Å². The fourth-order valence-corrected chi connectivity index (χ4v) is 3.51. The van der Waals surface area contributed by atoms with Crippen LogP contribution in [0.25, 0.3) is 11.8 Å². The van der Waals surface area contributed by atoms with Crippen molar-refractivity contribution in [2.75, 3.05) is 13.7 Å². The minimum Gasteiger partial charge on any atom is -0.497 e. The van der Waals surface area contributed by atoms with Crippen molar-refractivity contribution in [3.63, 3.8) is 0 Å². The maximum atomic E-state index is 12.4. The highest BCUT2D eigenvalue weighted by molar-refractivity contribution is 8.18. The molecule has 25 heavy (non-hydrogen) atoms. The highest BCUT2D eigenvalue weighted by atomic mass is 32.2. The minimum atomic E-state index is -0.282. The molecule has 0 radical (unpaired) electrons. The molecule has 3 rings (SSSR count). The molecular weight excluding hydrogens is 336 g/mol. The van der Waals surface area contributed by atoms with Gasteiger partial charge in [-0.15, -0.1) is 6.58 Å². The van der Waals surface area contributed by atoms with E-state index in [2.05, 4.69) is 6.58 Å². The van der Waals surface area contributed by atoms with Crippen LogP contribution in [0.15, 0.2) is 54.0 Å². The standard InChI is InChI=1S/C19H18N2O3S/c1-4-11-20-18(22)17(25-19(20)23)12-15-6-5-13(2)21(15)14-7-9-16(24-3)10-8-14/h4-10,12H,1,11H2,2-3H3/b17-12-. The van der Waals surface area contributed by atoms with Gasteiger partial charge in [0.15, 0.2) is 0 Å². The molecule has 1 fully saturated rings. The van der Waals surface area contributed by atoms with Gasteiger partial charge in [0.1, 0.15) is 5.75 Å². The van der Waals surface area contributed by atoms with Gasteiger partial charge < -0.3 is 9.30 Å². The number of ether oxygens (including phenoxy) is 1. The maximum Gasteiger partial charge on any atom is 0.293 e. The largest absolute Gasteiger partial charge is 0.497 e. The van der Waals surface area contributed by atoms with Gasteiger partial charge in [-0.3, -0.25) is 14.5 Å². The number of nitrogens with zero attached hydrogens (tertiary/aromatic N) is 2. The molecule has 0 bridgehead atoms. The summed E-state index contributed by atoms with van der Waals surface area (Å²) in [7, 11) is 1.63. The van der Waals surface area contributed by atoms with Crippen LogP contribution in [-0.2, 0) is 4.79 Å². The highest BCUT2D eigenvalue weighted by Crippen LogP contribution is 2.33. The van der Waals surface area contributed by atoms with E-state index in [1.807, 2.05) is 47.9 Å². The Kier molecular flexibility index (Phi) is 4.81. The van der Waals surface area contributed by atoms with Gasteiger partial charge in [0, 0.05) is 23.6 Å². The SMILES string of the molecule is C=CCN1C(=O)S/C(=C\c2ccc(C)n2-c2ccc(OC)cc2)C1=O. The molecule has 0 atom stereocenters. The summed E-state index contributed by atoms with van der Waals surface area (Å²) in [5.41, 5.74) is 2.83. The zero-order chi connectivity index (χ0) is 18.0. The molecule has 128 valence electrons. The number of methoxy groups -OCH3 is 1. The molecule has 2 heterocycles. The number of aromatic nitrogens is 1. The van der Waals surface area contributed by atoms with E-state index in [1.165, 1.54) is 4.90 Å². The van der Waals surface area contributed by atoms with E-state index in [9.17, 15) is 9.59 Å². The molecule has 0 spiro atoms. The molecule has 1 aromatic heterocycles. The fourth-order valence-electron chi connectivity index (χ4n) is 2.68. The van der Waals surface area contributed by atoms with E-state index < -0.39 is 0 Å². The lowest BCUT2D eigenvalue weighted by Crippen LogP contribution is -2.27. The van der Waals surface area contributed by atoms with Gasteiger partial charge >= 0.3 is 0 Å². The number of carbonyl (C=O) groups is 2. The summed E-state index contributed by atoms with van der Waals surface area (Å²) in [4.78, 5) is 26.0. The molecule has 1 saturated heterocycles. The Hall–Kier alpha value is -2.73. The summed E-state index contributed by atoms with van der Waals surface area (Å²) in [5.74, 6) is 0.496. The first-order valence-electron chi connectivity index (χ1n) is 7.74. The number of hydrogen-bond donors (Lipinski definition) is 0. The van der Waals surface area contributed by atoms with Gasteiger partial charge in [0.05, 0.1) is 12.0 Å².